The Morgan fingerprint density at radius 2 is 0.810 bits per heavy atom. The van der Waals surface area contributed by atoms with E-state index in [-0.39, 0.29) is 98.7 Å². The number of aliphatic hydroxyl groups is 4. The van der Waals surface area contributed by atoms with Crippen LogP contribution >= 0.6 is 0 Å². The topological polar surface area (TPSA) is 197 Å². The molecule has 0 unspecified atom stereocenters. The predicted octanol–water partition coefficient (Wildman–Crippen LogP) is 1.77. The number of phenols is 2. The first kappa shape index (κ1) is 30.3. The number of hydrogen-bond donors (Lipinski definition) is 6. The van der Waals surface area contributed by atoms with Crippen molar-refractivity contribution in [2.75, 3.05) is 52.9 Å². The number of ether oxygens (including phenoxy) is 4. The van der Waals surface area contributed by atoms with Crippen LogP contribution in [0.15, 0.2) is 54.6 Å². The van der Waals surface area contributed by atoms with Crippen LogP contribution in [0.25, 0.3) is 34.2 Å². The van der Waals surface area contributed by atoms with E-state index in [0.717, 1.165) is 0 Å². The fourth-order valence-corrected chi connectivity index (χ4v) is 3.86. The van der Waals surface area contributed by atoms with E-state index in [4.69, 9.17) is 34.3 Å². The maximum atomic E-state index is 10.8. The first-order chi connectivity index (χ1) is 20.5. The second kappa shape index (κ2) is 14.8. The molecular weight excluding hydrogens is 550 g/mol. The van der Waals surface area contributed by atoms with Crippen molar-refractivity contribution in [3.05, 3.63) is 54.6 Å². The lowest BCUT2D eigenvalue weighted by molar-refractivity contribution is 0.195. The average molecular weight is 582 g/mol. The van der Waals surface area contributed by atoms with Gasteiger partial charge in [-0.15, -0.1) is 0 Å². The Morgan fingerprint density at radius 3 is 1.21 bits per heavy atom. The van der Waals surface area contributed by atoms with Gasteiger partial charge >= 0.3 is 0 Å². The molecular formula is C29H31N3O10. The van der Waals surface area contributed by atoms with Crippen molar-refractivity contribution in [3.8, 4) is 68.7 Å². The zero-order valence-corrected chi connectivity index (χ0v) is 22.5. The lowest BCUT2D eigenvalue weighted by atomic mass is 10.1. The molecule has 4 rings (SSSR count). The normalized spacial score (nSPS) is 10.9. The van der Waals surface area contributed by atoms with Gasteiger partial charge in [0.15, 0.2) is 17.5 Å². The third kappa shape index (κ3) is 7.53. The second-order valence-corrected chi connectivity index (χ2v) is 8.61. The first-order valence-electron chi connectivity index (χ1n) is 13.0. The minimum Gasteiger partial charge on any atom is -0.507 e. The quantitative estimate of drug-likeness (QED) is 0.119. The summed E-state index contributed by atoms with van der Waals surface area (Å²) in [5.41, 5.74) is 0.869. The number of benzene rings is 3. The van der Waals surface area contributed by atoms with E-state index in [1.807, 2.05) is 0 Å². The maximum Gasteiger partial charge on any atom is 0.167 e. The van der Waals surface area contributed by atoms with Crippen LogP contribution in [0.4, 0.5) is 0 Å². The van der Waals surface area contributed by atoms with Crippen molar-refractivity contribution < 1.29 is 49.6 Å². The number of hydrogen-bond acceptors (Lipinski definition) is 13. The van der Waals surface area contributed by atoms with Crippen LogP contribution < -0.4 is 18.9 Å². The lowest BCUT2D eigenvalue weighted by Crippen LogP contribution is -2.07. The Hall–Kier alpha value is -4.69. The third-order valence-corrected chi connectivity index (χ3v) is 5.68. The fourth-order valence-electron chi connectivity index (χ4n) is 3.86. The highest BCUT2D eigenvalue weighted by Gasteiger charge is 2.20. The number of phenolic OH excluding ortho intramolecular Hbond substituents is 2. The molecule has 0 saturated heterocycles. The molecule has 0 bridgehead atoms. The fraction of sp³-hybridized carbons (Fsp3) is 0.276. The van der Waals surface area contributed by atoms with E-state index in [1.54, 1.807) is 42.5 Å². The van der Waals surface area contributed by atoms with Crippen molar-refractivity contribution >= 4 is 0 Å². The number of rotatable bonds is 15. The van der Waals surface area contributed by atoms with Gasteiger partial charge in [-0.1, -0.05) is 0 Å². The number of aliphatic hydroxyl groups excluding tert-OH is 4. The number of aromatic nitrogens is 3. The van der Waals surface area contributed by atoms with Crippen LogP contribution in [-0.2, 0) is 0 Å². The molecule has 13 heteroatoms. The van der Waals surface area contributed by atoms with Crippen molar-refractivity contribution in [2.24, 2.45) is 0 Å². The molecule has 222 valence electrons. The van der Waals surface area contributed by atoms with E-state index in [9.17, 15) is 15.3 Å². The van der Waals surface area contributed by atoms with Crippen molar-refractivity contribution in [1.29, 1.82) is 0 Å². The Bertz CT molecular complexity index is 1410. The van der Waals surface area contributed by atoms with Crippen LogP contribution in [0, 0.1) is 0 Å². The van der Waals surface area contributed by atoms with Gasteiger partial charge in [0, 0.05) is 18.2 Å². The SMILES string of the molecule is OCCOc1ccc(-c2nc(-c3ccc(OCCO)cc3O)nc(-c3ccc(OCCO)cc3OCCO)n2)c(O)c1. The Kier molecular flexibility index (Phi) is 10.7. The third-order valence-electron chi connectivity index (χ3n) is 5.68. The summed E-state index contributed by atoms with van der Waals surface area (Å²) < 4.78 is 22.0. The molecule has 0 aliphatic carbocycles. The molecule has 3 aromatic carbocycles. The summed E-state index contributed by atoms with van der Waals surface area (Å²) in [4.78, 5) is 13.7. The van der Waals surface area contributed by atoms with Gasteiger partial charge < -0.3 is 49.6 Å². The molecule has 13 nitrogen and oxygen atoms in total. The van der Waals surface area contributed by atoms with E-state index in [2.05, 4.69) is 15.0 Å². The van der Waals surface area contributed by atoms with E-state index >= 15 is 0 Å². The number of aromatic hydroxyl groups is 2. The van der Waals surface area contributed by atoms with Gasteiger partial charge in [0.2, 0.25) is 0 Å². The summed E-state index contributed by atoms with van der Waals surface area (Å²) in [6.45, 7) is -0.709. The summed E-state index contributed by atoms with van der Waals surface area (Å²) in [5, 5.41) is 58.2. The highest BCUT2D eigenvalue weighted by Crippen LogP contribution is 2.38. The molecule has 0 spiro atoms. The Morgan fingerprint density at radius 1 is 0.452 bits per heavy atom. The minimum atomic E-state index is -0.258. The summed E-state index contributed by atoms with van der Waals surface area (Å²) >= 11 is 0. The molecule has 0 aliphatic heterocycles. The van der Waals surface area contributed by atoms with Crippen LogP contribution in [-0.4, -0.2) is 98.4 Å². The Balaban J connectivity index is 1.86. The molecule has 1 aromatic heterocycles. The molecule has 0 amide bonds. The van der Waals surface area contributed by atoms with Gasteiger partial charge in [-0.2, -0.15) is 0 Å². The van der Waals surface area contributed by atoms with Gasteiger partial charge in [-0.25, -0.2) is 15.0 Å². The molecule has 0 saturated carbocycles. The van der Waals surface area contributed by atoms with Crippen LogP contribution in [0.1, 0.15) is 0 Å². The highest BCUT2D eigenvalue weighted by atomic mass is 16.5. The largest absolute Gasteiger partial charge is 0.507 e. The van der Waals surface area contributed by atoms with Gasteiger partial charge in [0.05, 0.1) is 43.1 Å². The van der Waals surface area contributed by atoms with Crippen molar-refractivity contribution in [1.82, 2.24) is 15.0 Å². The molecule has 42 heavy (non-hydrogen) atoms. The molecule has 6 N–H and O–H groups in total. The highest BCUT2D eigenvalue weighted by molar-refractivity contribution is 5.74. The van der Waals surface area contributed by atoms with E-state index < -0.39 is 0 Å². The van der Waals surface area contributed by atoms with Gasteiger partial charge in [0.25, 0.3) is 0 Å². The Labute approximate surface area is 240 Å². The standard InChI is InChI=1S/C29H31N3O10/c33-7-11-39-18-1-4-21(24(37)15-18)27-30-28(22-5-2-19(16-25(22)38)40-12-8-34)32-29(31-27)23-6-3-20(41-13-9-35)17-26(23)42-14-10-36/h1-6,15-17,33-38H,7-14H2. The van der Waals surface area contributed by atoms with Gasteiger partial charge in [-0.05, 0) is 36.4 Å². The van der Waals surface area contributed by atoms with Crippen LogP contribution in [0.2, 0.25) is 0 Å². The zero-order chi connectivity index (χ0) is 29.9. The smallest absolute Gasteiger partial charge is 0.167 e. The monoisotopic (exact) mass is 581 g/mol. The predicted molar refractivity (Wildman–Crippen MR) is 150 cm³/mol. The zero-order valence-electron chi connectivity index (χ0n) is 22.5. The second-order valence-electron chi connectivity index (χ2n) is 8.61. The van der Waals surface area contributed by atoms with Gasteiger partial charge in [0.1, 0.15) is 60.9 Å². The molecule has 4 aromatic rings. The lowest BCUT2D eigenvalue weighted by Gasteiger charge is -2.15. The number of nitrogens with zero attached hydrogens (tertiary/aromatic N) is 3. The van der Waals surface area contributed by atoms with Crippen LogP contribution in [0.5, 0.6) is 34.5 Å². The molecule has 0 radical (unpaired) electrons. The average Bonchev–Trinajstić information content (AvgIpc) is 3.00. The van der Waals surface area contributed by atoms with Crippen molar-refractivity contribution in [2.45, 2.75) is 0 Å². The minimum absolute atomic E-state index is 0.0343. The first-order valence-corrected chi connectivity index (χ1v) is 13.0. The maximum absolute atomic E-state index is 10.8. The van der Waals surface area contributed by atoms with E-state index in [1.165, 1.54) is 12.1 Å². The summed E-state index contributed by atoms with van der Waals surface area (Å²) in [6.07, 6.45) is 0. The molecule has 1 heterocycles. The van der Waals surface area contributed by atoms with Crippen LogP contribution in [0.3, 0.4) is 0 Å². The molecule has 0 atom stereocenters. The molecule has 0 aliphatic rings. The summed E-state index contributed by atoms with van der Waals surface area (Å²) in [5.74, 6) is 1.19. The molecule has 0 fully saturated rings. The van der Waals surface area contributed by atoms with Crippen molar-refractivity contribution in [3.63, 3.8) is 0 Å². The summed E-state index contributed by atoms with van der Waals surface area (Å²) in [7, 11) is 0. The van der Waals surface area contributed by atoms with E-state index in [0.29, 0.717) is 22.8 Å². The summed E-state index contributed by atoms with van der Waals surface area (Å²) in [6, 6.07) is 13.8. The van der Waals surface area contributed by atoms with Gasteiger partial charge in [-0.3, -0.25) is 0 Å².